The normalized spacial score (nSPS) is 27.6. The van der Waals surface area contributed by atoms with Gasteiger partial charge in [0.2, 0.25) is 5.91 Å². The molecular weight excluding hydrogens is 292 g/mol. The topological polar surface area (TPSA) is 41.1 Å². The summed E-state index contributed by atoms with van der Waals surface area (Å²) >= 11 is 1.95. The number of carbonyl (C=O) groups excluding carboxylic acids is 1. The van der Waals surface area contributed by atoms with E-state index in [9.17, 15) is 4.79 Å². The van der Waals surface area contributed by atoms with Crippen LogP contribution in [0.15, 0.2) is 0 Å². The van der Waals surface area contributed by atoms with E-state index >= 15 is 0 Å². The summed E-state index contributed by atoms with van der Waals surface area (Å²) in [5.41, 5.74) is 0. The van der Waals surface area contributed by atoms with Crippen molar-refractivity contribution < 1.29 is 4.79 Å². The van der Waals surface area contributed by atoms with Crippen LogP contribution in [0.3, 0.4) is 0 Å². The minimum absolute atomic E-state index is 0. The Labute approximate surface area is 133 Å². The summed E-state index contributed by atoms with van der Waals surface area (Å²) < 4.78 is 0. The third-order valence-electron chi connectivity index (χ3n) is 4.56. The number of piperidine rings is 1. The molecule has 2 N–H and O–H groups in total. The number of hydrogen-bond acceptors (Lipinski definition) is 3. The third-order valence-corrected chi connectivity index (χ3v) is 5.66. The summed E-state index contributed by atoms with van der Waals surface area (Å²) in [5.74, 6) is 1.04. The van der Waals surface area contributed by atoms with E-state index < -0.39 is 0 Å². The number of carbonyl (C=O) groups is 1. The van der Waals surface area contributed by atoms with Gasteiger partial charge in [-0.1, -0.05) is 6.42 Å². The van der Waals surface area contributed by atoms with Gasteiger partial charge in [-0.05, 0) is 63.8 Å². The number of rotatable bonds is 5. The lowest BCUT2D eigenvalue weighted by molar-refractivity contribution is -0.122. The van der Waals surface area contributed by atoms with Crippen LogP contribution in [0.2, 0.25) is 0 Å². The maximum absolute atomic E-state index is 12.0. The Kier molecular flexibility index (Phi) is 8.98. The van der Waals surface area contributed by atoms with Crippen molar-refractivity contribution in [3.63, 3.8) is 0 Å². The molecule has 1 saturated heterocycles. The van der Waals surface area contributed by atoms with Crippen molar-refractivity contribution in [2.45, 2.75) is 62.7 Å². The zero-order valence-electron chi connectivity index (χ0n) is 12.5. The first-order valence-electron chi connectivity index (χ1n) is 7.81. The van der Waals surface area contributed by atoms with Gasteiger partial charge in [-0.25, -0.2) is 0 Å². The van der Waals surface area contributed by atoms with Crippen LogP contribution in [-0.4, -0.2) is 36.5 Å². The van der Waals surface area contributed by atoms with Crippen molar-refractivity contribution in [2.24, 2.45) is 5.92 Å². The average Bonchev–Trinajstić information content (AvgIpc) is 2.46. The zero-order chi connectivity index (χ0) is 13.5. The fourth-order valence-electron chi connectivity index (χ4n) is 3.30. The highest BCUT2D eigenvalue weighted by atomic mass is 35.5. The van der Waals surface area contributed by atoms with Crippen molar-refractivity contribution in [1.29, 1.82) is 0 Å². The Balaban J connectivity index is 0.00000200. The quantitative estimate of drug-likeness (QED) is 0.818. The van der Waals surface area contributed by atoms with Crippen LogP contribution in [0.1, 0.15) is 51.4 Å². The van der Waals surface area contributed by atoms with Crippen LogP contribution in [0.5, 0.6) is 0 Å². The lowest BCUT2D eigenvalue weighted by Crippen LogP contribution is -2.39. The van der Waals surface area contributed by atoms with E-state index in [0.717, 1.165) is 37.1 Å². The predicted molar refractivity (Wildman–Crippen MR) is 89.8 cm³/mol. The fraction of sp³-hybridized carbons (Fsp3) is 0.933. The van der Waals surface area contributed by atoms with Gasteiger partial charge >= 0.3 is 0 Å². The van der Waals surface area contributed by atoms with E-state index in [1.165, 1.54) is 38.5 Å². The maximum Gasteiger partial charge on any atom is 0.220 e. The molecule has 5 heteroatoms. The number of hydrogen-bond donors (Lipinski definition) is 2. The van der Waals surface area contributed by atoms with E-state index in [-0.39, 0.29) is 18.3 Å². The molecule has 0 aromatic rings. The van der Waals surface area contributed by atoms with Gasteiger partial charge in [-0.3, -0.25) is 4.79 Å². The van der Waals surface area contributed by atoms with Crippen molar-refractivity contribution in [1.82, 2.24) is 10.6 Å². The molecule has 0 radical (unpaired) electrons. The molecule has 3 nitrogen and oxygen atoms in total. The van der Waals surface area contributed by atoms with Gasteiger partial charge in [-0.15, -0.1) is 12.4 Å². The summed E-state index contributed by atoms with van der Waals surface area (Å²) in [7, 11) is 0. The first-order valence-corrected chi connectivity index (χ1v) is 9.09. The summed E-state index contributed by atoms with van der Waals surface area (Å²) in [4.78, 5) is 12.0. The molecule has 118 valence electrons. The van der Waals surface area contributed by atoms with Gasteiger partial charge < -0.3 is 10.6 Å². The number of halogens is 1. The summed E-state index contributed by atoms with van der Waals surface area (Å²) in [6.07, 6.45) is 11.4. The molecule has 20 heavy (non-hydrogen) atoms. The van der Waals surface area contributed by atoms with Gasteiger partial charge in [0.15, 0.2) is 0 Å². The summed E-state index contributed by atoms with van der Waals surface area (Å²) in [6.45, 7) is 2.26. The van der Waals surface area contributed by atoms with Crippen molar-refractivity contribution in [3.8, 4) is 0 Å². The van der Waals surface area contributed by atoms with Crippen LogP contribution < -0.4 is 10.6 Å². The largest absolute Gasteiger partial charge is 0.353 e. The SMILES string of the molecule is CSC1CCCC(NC(=O)CCC2CCNCC2)C1.Cl. The predicted octanol–water partition coefficient (Wildman–Crippen LogP) is 2.98. The van der Waals surface area contributed by atoms with Gasteiger partial charge in [-0.2, -0.15) is 11.8 Å². The first-order chi connectivity index (χ1) is 9.28. The molecule has 1 heterocycles. The molecule has 1 aliphatic carbocycles. The van der Waals surface area contributed by atoms with Crippen LogP contribution in [0.25, 0.3) is 0 Å². The fourth-order valence-corrected chi connectivity index (χ4v) is 4.12. The highest BCUT2D eigenvalue weighted by Gasteiger charge is 2.23. The minimum atomic E-state index is 0. The molecule has 0 aromatic heterocycles. The molecule has 2 rings (SSSR count). The van der Waals surface area contributed by atoms with Crippen molar-refractivity contribution in [3.05, 3.63) is 0 Å². The van der Waals surface area contributed by atoms with E-state index in [2.05, 4.69) is 16.9 Å². The highest BCUT2D eigenvalue weighted by Crippen LogP contribution is 2.27. The molecule has 1 aliphatic heterocycles. The van der Waals surface area contributed by atoms with Crippen molar-refractivity contribution >= 4 is 30.1 Å². The second-order valence-corrected chi connectivity index (χ2v) is 7.16. The lowest BCUT2D eigenvalue weighted by Gasteiger charge is -2.29. The van der Waals surface area contributed by atoms with Gasteiger partial charge in [0.25, 0.3) is 0 Å². The zero-order valence-corrected chi connectivity index (χ0v) is 14.2. The van der Waals surface area contributed by atoms with Crippen molar-refractivity contribution in [2.75, 3.05) is 19.3 Å². The molecule has 2 unspecified atom stereocenters. The molecule has 1 amide bonds. The standard InChI is InChI=1S/C15H28N2OS.ClH/c1-19-14-4-2-3-13(11-14)17-15(18)6-5-12-7-9-16-10-8-12;/h12-14,16H,2-11H2,1H3,(H,17,18);1H. The van der Waals surface area contributed by atoms with E-state index in [0.29, 0.717) is 6.04 Å². The van der Waals surface area contributed by atoms with Gasteiger partial charge in [0.1, 0.15) is 0 Å². The monoisotopic (exact) mass is 320 g/mol. The molecule has 2 atom stereocenters. The smallest absolute Gasteiger partial charge is 0.220 e. The molecule has 2 fully saturated rings. The summed E-state index contributed by atoms with van der Waals surface area (Å²) in [6, 6.07) is 0.437. The number of thioether (sulfide) groups is 1. The Morgan fingerprint density at radius 2 is 2.00 bits per heavy atom. The minimum Gasteiger partial charge on any atom is -0.353 e. The first kappa shape index (κ1) is 18.1. The second kappa shape index (κ2) is 9.91. The molecule has 0 spiro atoms. The van der Waals surface area contributed by atoms with E-state index in [4.69, 9.17) is 0 Å². The Morgan fingerprint density at radius 3 is 2.70 bits per heavy atom. The molecule has 2 aliphatic rings. The van der Waals surface area contributed by atoms with E-state index in [1.807, 2.05) is 11.8 Å². The van der Waals surface area contributed by atoms with Crippen LogP contribution in [0.4, 0.5) is 0 Å². The van der Waals surface area contributed by atoms with Crippen LogP contribution >= 0.6 is 24.2 Å². The number of nitrogens with one attached hydrogen (secondary N) is 2. The maximum atomic E-state index is 12.0. The van der Waals surface area contributed by atoms with Gasteiger partial charge in [0.05, 0.1) is 0 Å². The molecular formula is C15H29ClN2OS. The average molecular weight is 321 g/mol. The highest BCUT2D eigenvalue weighted by molar-refractivity contribution is 7.99. The molecule has 0 aromatic carbocycles. The van der Waals surface area contributed by atoms with E-state index in [1.54, 1.807) is 0 Å². The Hall–Kier alpha value is 0.0700. The Bertz CT molecular complexity index is 285. The second-order valence-electron chi connectivity index (χ2n) is 6.02. The summed E-state index contributed by atoms with van der Waals surface area (Å²) in [5, 5.41) is 7.38. The molecule has 0 bridgehead atoms. The Morgan fingerprint density at radius 1 is 1.25 bits per heavy atom. The number of amides is 1. The van der Waals surface area contributed by atoms with Crippen LogP contribution in [0, 0.1) is 5.92 Å². The molecule has 1 saturated carbocycles. The van der Waals surface area contributed by atoms with Crippen LogP contribution in [-0.2, 0) is 4.79 Å². The lowest BCUT2D eigenvalue weighted by atomic mass is 9.92. The van der Waals surface area contributed by atoms with Gasteiger partial charge in [0, 0.05) is 17.7 Å². The third kappa shape index (κ3) is 6.23.